The van der Waals surface area contributed by atoms with Gasteiger partial charge in [-0.05, 0) is 53.7 Å². The summed E-state index contributed by atoms with van der Waals surface area (Å²) in [5, 5.41) is 3.31. The van der Waals surface area contributed by atoms with Crippen LogP contribution in [-0.2, 0) is 11.3 Å². The third-order valence-electron chi connectivity index (χ3n) is 3.75. The van der Waals surface area contributed by atoms with Crippen LogP contribution >= 0.6 is 12.2 Å². The Bertz CT molecular complexity index is 838. The first kappa shape index (κ1) is 21.0. The Hall–Kier alpha value is -3.26. The number of ether oxygens (including phenoxy) is 3. The van der Waals surface area contributed by atoms with Crippen molar-refractivity contribution in [3.63, 3.8) is 0 Å². The number of amides is 1. The Kier molecular flexibility index (Phi) is 8.11. The Balaban J connectivity index is 1.78. The number of carbonyl (C=O) groups is 1. The molecule has 0 saturated heterocycles. The molecule has 0 aromatic heterocycles. The van der Waals surface area contributed by atoms with E-state index in [1.807, 2.05) is 30.3 Å². The minimum atomic E-state index is -0.344. The Morgan fingerprint density at radius 1 is 0.964 bits per heavy atom. The average Bonchev–Trinajstić information content (AvgIpc) is 2.74. The normalized spacial score (nSPS) is 10.2. The van der Waals surface area contributed by atoms with E-state index in [-0.39, 0.29) is 5.91 Å². The second-order valence-electron chi connectivity index (χ2n) is 5.59. The number of hydrogen-bond acceptors (Lipinski definition) is 5. The van der Waals surface area contributed by atoms with Crippen LogP contribution < -0.4 is 30.4 Å². The van der Waals surface area contributed by atoms with Gasteiger partial charge >= 0.3 is 0 Å². The fourth-order valence-electron chi connectivity index (χ4n) is 2.26. The van der Waals surface area contributed by atoms with Crippen LogP contribution in [0.1, 0.15) is 11.1 Å². The van der Waals surface area contributed by atoms with Gasteiger partial charge in [0.2, 0.25) is 0 Å². The quantitative estimate of drug-likeness (QED) is 0.373. The number of nitrogens with one attached hydrogen (secondary N) is 3. The largest absolute Gasteiger partial charge is 0.497 e. The molecular weight excluding hydrogens is 378 g/mol. The summed E-state index contributed by atoms with van der Waals surface area (Å²) < 4.78 is 15.5. The summed E-state index contributed by atoms with van der Waals surface area (Å²) in [5.41, 5.74) is 6.99. The molecule has 3 N–H and O–H groups in total. The number of hydrogen-bond donors (Lipinski definition) is 3. The molecule has 7 nitrogen and oxygen atoms in total. The summed E-state index contributed by atoms with van der Waals surface area (Å²) in [6, 6.07) is 13.0. The molecule has 2 aromatic rings. The maximum absolute atomic E-state index is 11.9. The van der Waals surface area contributed by atoms with E-state index in [0.29, 0.717) is 23.2 Å². The molecule has 28 heavy (non-hydrogen) atoms. The van der Waals surface area contributed by atoms with E-state index in [2.05, 4.69) is 16.2 Å². The van der Waals surface area contributed by atoms with Crippen molar-refractivity contribution < 1.29 is 19.0 Å². The Morgan fingerprint density at radius 3 is 2.32 bits per heavy atom. The minimum Gasteiger partial charge on any atom is -0.497 e. The van der Waals surface area contributed by atoms with E-state index >= 15 is 0 Å². The van der Waals surface area contributed by atoms with Gasteiger partial charge in [-0.1, -0.05) is 18.2 Å². The van der Waals surface area contributed by atoms with E-state index in [1.165, 1.54) is 6.08 Å². The van der Waals surface area contributed by atoms with Crippen molar-refractivity contribution in [3.05, 3.63) is 59.7 Å². The van der Waals surface area contributed by atoms with Gasteiger partial charge in [0.25, 0.3) is 5.91 Å². The SMILES string of the molecule is COc1ccc(CNC(=S)NNC(=O)/C=C/c2ccc(OC)c(OC)c2)cc1. The summed E-state index contributed by atoms with van der Waals surface area (Å²) in [5.74, 6) is 1.66. The molecule has 0 aliphatic carbocycles. The van der Waals surface area contributed by atoms with Crippen molar-refractivity contribution in [2.45, 2.75) is 6.54 Å². The second kappa shape index (κ2) is 10.8. The van der Waals surface area contributed by atoms with E-state index in [4.69, 9.17) is 26.4 Å². The lowest BCUT2D eigenvalue weighted by atomic mass is 10.2. The van der Waals surface area contributed by atoms with Gasteiger partial charge in [0.15, 0.2) is 16.6 Å². The van der Waals surface area contributed by atoms with Crippen LogP contribution in [-0.4, -0.2) is 32.3 Å². The predicted molar refractivity (Wildman–Crippen MR) is 112 cm³/mol. The first-order valence-corrected chi connectivity index (χ1v) is 8.83. The molecule has 0 radical (unpaired) electrons. The lowest BCUT2D eigenvalue weighted by Crippen LogP contribution is -2.45. The lowest BCUT2D eigenvalue weighted by molar-refractivity contribution is -0.116. The summed E-state index contributed by atoms with van der Waals surface area (Å²) in [4.78, 5) is 11.9. The highest BCUT2D eigenvalue weighted by molar-refractivity contribution is 7.80. The third kappa shape index (κ3) is 6.48. The van der Waals surface area contributed by atoms with Crippen LogP contribution in [0.3, 0.4) is 0 Å². The molecule has 0 heterocycles. The van der Waals surface area contributed by atoms with Gasteiger partial charge in [0.05, 0.1) is 21.3 Å². The van der Waals surface area contributed by atoms with Crippen molar-refractivity contribution in [3.8, 4) is 17.2 Å². The number of methoxy groups -OCH3 is 3. The van der Waals surface area contributed by atoms with Crippen molar-refractivity contribution in [1.82, 2.24) is 16.2 Å². The molecule has 0 aliphatic rings. The van der Waals surface area contributed by atoms with E-state index < -0.39 is 0 Å². The summed E-state index contributed by atoms with van der Waals surface area (Å²) in [6.45, 7) is 0.521. The van der Waals surface area contributed by atoms with Crippen molar-refractivity contribution in [1.29, 1.82) is 0 Å². The van der Waals surface area contributed by atoms with E-state index in [1.54, 1.807) is 39.5 Å². The maximum Gasteiger partial charge on any atom is 0.262 e. The highest BCUT2D eigenvalue weighted by atomic mass is 32.1. The molecule has 2 rings (SSSR count). The monoisotopic (exact) mass is 401 g/mol. The molecule has 2 aromatic carbocycles. The number of thiocarbonyl (C=S) groups is 1. The van der Waals surface area contributed by atoms with Crippen LogP contribution in [0.2, 0.25) is 0 Å². The molecule has 0 spiro atoms. The standard InChI is InChI=1S/C20H23N3O4S/c1-25-16-8-4-15(5-9-16)13-21-20(28)23-22-19(24)11-7-14-6-10-17(26-2)18(12-14)27-3/h4-12H,13H2,1-3H3,(H,22,24)(H2,21,23,28)/b11-7+. The zero-order valence-corrected chi connectivity index (χ0v) is 16.8. The van der Waals surface area contributed by atoms with Crippen molar-refractivity contribution in [2.24, 2.45) is 0 Å². The van der Waals surface area contributed by atoms with Gasteiger partial charge < -0.3 is 19.5 Å². The van der Waals surface area contributed by atoms with Gasteiger partial charge in [-0.25, -0.2) is 0 Å². The van der Waals surface area contributed by atoms with Crippen molar-refractivity contribution in [2.75, 3.05) is 21.3 Å². The molecule has 1 amide bonds. The first-order chi connectivity index (χ1) is 13.5. The number of carbonyl (C=O) groups excluding carboxylic acids is 1. The van der Waals surface area contributed by atoms with Crippen molar-refractivity contribution >= 4 is 29.3 Å². The summed E-state index contributed by atoms with van der Waals surface area (Å²) >= 11 is 5.14. The number of benzene rings is 2. The van der Waals surface area contributed by atoms with E-state index in [9.17, 15) is 4.79 Å². The van der Waals surface area contributed by atoms with Gasteiger partial charge in [0, 0.05) is 12.6 Å². The van der Waals surface area contributed by atoms with Crippen LogP contribution in [0.4, 0.5) is 0 Å². The summed E-state index contributed by atoms with van der Waals surface area (Å²) in [6.07, 6.45) is 3.05. The van der Waals surface area contributed by atoms with Crippen LogP contribution in [0.25, 0.3) is 6.08 Å². The molecule has 0 atom stereocenters. The average molecular weight is 401 g/mol. The molecule has 0 aliphatic heterocycles. The van der Waals surface area contributed by atoms with Crippen LogP contribution in [0.5, 0.6) is 17.2 Å². The number of rotatable bonds is 7. The smallest absolute Gasteiger partial charge is 0.262 e. The predicted octanol–water partition coefficient (Wildman–Crippen LogP) is 2.42. The molecule has 0 unspecified atom stereocenters. The topological polar surface area (TPSA) is 80.9 Å². The van der Waals surface area contributed by atoms with Gasteiger partial charge in [-0.3, -0.25) is 15.6 Å². The molecule has 8 heteroatoms. The number of hydrazine groups is 1. The third-order valence-corrected chi connectivity index (χ3v) is 3.99. The lowest BCUT2D eigenvalue weighted by Gasteiger charge is -2.11. The van der Waals surface area contributed by atoms with Gasteiger partial charge in [-0.15, -0.1) is 0 Å². The zero-order chi connectivity index (χ0) is 20.4. The maximum atomic E-state index is 11.9. The molecule has 0 fully saturated rings. The van der Waals surface area contributed by atoms with Crippen LogP contribution in [0, 0.1) is 0 Å². The van der Waals surface area contributed by atoms with Gasteiger partial charge in [0.1, 0.15) is 5.75 Å². The van der Waals surface area contributed by atoms with Crippen LogP contribution in [0.15, 0.2) is 48.5 Å². The Labute approximate surface area is 169 Å². The molecular formula is C20H23N3O4S. The zero-order valence-electron chi connectivity index (χ0n) is 15.9. The van der Waals surface area contributed by atoms with Gasteiger partial charge in [-0.2, -0.15) is 0 Å². The Morgan fingerprint density at radius 2 is 1.68 bits per heavy atom. The fourth-order valence-corrected chi connectivity index (χ4v) is 2.38. The first-order valence-electron chi connectivity index (χ1n) is 8.42. The fraction of sp³-hybridized carbons (Fsp3) is 0.200. The minimum absolute atomic E-state index is 0.309. The second-order valence-corrected chi connectivity index (χ2v) is 6.00. The highest BCUT2D eigenvalue weighted by Crippen LogP contribution is 2.27. The highest BCUT2D eigenvalue weighted by Gasteiger charge is 2.03. The molecule has 0 saturated carbocycles. The molecule has 148 valence electrons. The molecule has 0 bridgehead atoms. The van der Waals surface area contributed by atoms with E-state index in [0.717, 1.165) is 16.9 Å². The summed E-state index contributed by atoms with van der Waals surface area (Å²) in [7, 11) is 4.74.